The summed E-state index contributed by atoms with van der Waals surface area (Å²) < 4.78 is 33.3. The second-order valence-corrected chi connectivity index (χ2v) is 14.3. The van der Waals surface area contributed by atoms with Gasteiger partial charge < -0.3 is 20.1 Å². The van der Waals surface area contributed by atoms with Gasteiger partial charge >= 0.3 is 13.8 Å². The zero-order valence-electron chi connectivity index (χ0n) is 29.6. The second-order valence-electron chi connectivity index (χ2n) is 12.8. The number of carbonyl (C=O) groups is 1. The molecule has 0 radical (unpaired) electrons. The molecule has 0 amide bonds. The van der Waals surface area contributed by atoms with Crippen molar-refractivity contribution in [3.8, 4) is 0 Å². The summed E-state index contributed by atoms with van der Waals surface area (Å²) in [6, 6.07) is 0. The first-order valence-electron chi connectivity index (χ1n) is 19.0. The summed E-state index contributed by atoms with van der Waals surface area (Å²) in [7, 11) is -4.26. The van der Waals surface area contributed by atoms with Gasteiger partial charge in [0.2, 0.25) is 0 Å². The van der Waals surface area contributed by atoms with E-state index >= 15 is 0 Å². The van der Waals surface area contributed by atoms with Crippen LogP contribution in [0.5, 0.6) is 0 Å². The monoisotopic (exact) mass is 664 g/mol. The third-order valence-corrected chi connectivity index (χ3v) is 9.26. The van der Waals surface area contributed by atoms with E-state index in [1.54, 1.807) is 0 Å². The number of phosphoric ester groups is 1. The van der Waals surface area contributed by atoms with Crippen molar-refractivity contribution in [1.82, 2.24) is 0 Å². The topological polar surface area (TPSA) is 117 Å². The fourth-order valence-corrected chi connectivity index (χ4v) is 6.23. The van der Waals surface area contributed by atoms with E-state index in [-0.39, 0.29) is 32.3 Å². The van der Waals surface area contributed by atoms with Crippen LogP contribution in [0, 0.1) is 0 Å². The molecule has 0 aliphatic heterocycles. The first-order chi connectivity index (χ1) is 21.9. The van der Waals surface area contributed by atoms with E-state index in [2.05, 4.69) is 13.8 Å². The lowest BCUT2D eigenvalue weighted by Gasteiger charge is -2.20. The van der Waals surface area contributed by atoms with Gasteiger partial charge in [0.15, 0.2) is 0 Å². The second kappa shape index (κ2) is 34.8. The number of rotatable bonds is 37. The zero-order chi connectivity index (χ0) is 33.1. The van der Waals surface area contributed by atoms with E-state index < -0.39 is 13.9 Å². The van der Waals surface area contributed by atoms with Crippen LogP contribution in [-0.2, 0) is 27.9 Å². The smallest absolute Gasteiger partial charge is 0.457 e. The van der Waals surface area contributed by atoms with Crippen LogP contribution in [0.1, 0.15) is 187 Å². The van der Waals surface area contributed by atoms with Crippen molar-refractivity contribution in [2.24, 2.45) is 5.73 Å². The van der Waals surface area contributed by atoms with Crippen LogP contribution < -0.4 is 5.73 Å². The van der Waals surface area contributed by atoms with Crippen molar-refractivity contribution in [2.75, 3.05) is 33.0 Å². The summed E-state index contributed by atoms with van der Waals surface area (Å²) >= 11 is 0. The van der Waals surface area contributed by atoms with E-state index in [9.17, 15) is 14.3 Å². The molecule has 0 heterocycles. The van der Waals surface area contributed by atoms with Gasteiger partial charge in [-0.05, 0) is 12.8 Å². The lowest BCUT2D eigenvalue weighted by molar-refractivity contribution is -0.154. The van der Waals surface area contributed by atoms with Crippen LogP contribution in [0.3, 0.4) is 0 Å². The summed E-state index contributed by atoms with van der Waals surface area (Å²) in [5, 5.41) is 0. The number of carbonyl (C=O) groups excluding carboxylic acids is 1. The molecule has 0 saturated carbocycles. The minimum atomic E-state index is -4.26. The molecule has 3 N–H and O–H groups in total. The van der Waals surface area contributed by atoms with Gasteiger partial charge in [-0.2, -0.15) is 0 Å². The highest BCUT2D eigenvalue weighted by molar-refractivity contribution is 7.47. The van der Waals surface area contributed by atoms with Crippen LogP contribution in [-0.4, -0.2) is 49.9 Å². The summed E-state index contributed by atoms with van der Waals surface area (Å²) in [5.74, 6) is -0.329. The Hall–Kier alpha value is -0.500. The molecule has 9 heteroatoms. The molecule has 0 rings (SSSR count). The summed E-state index contributed by atoms with van der Waals surface area (Å²) in [6.45, 7) is 4.94. The fraction of sp³-hybridized carbons (Fsp3) is 0.972. The van der Waals surface area contributed by atoms with Crippen LogP contribution >= 0.6 is 7.82 Å². The molecule has 45 heavy (non-hydrogen) atoms. The predicted octanol–water partition coefficient (Wildman–Crippen LogP) is 10.6. The molecule has 0 saturated heterocycles. The van der Waals surface area contributed by atoms with Gasteiger partial charge in [0, 0.05) is 19.6 Å². The lowest BCUT2D eigenvalue weighted by atomic mass is 10.0. The largest absolute Gasteiger partial charge is 0.472 e. The SMILES string of the molecule is CCCCCCCCCCCCCCCCCCOCC(COP(=O)(O)OCCN)OC(=O)CCCCCCCCCCCC. The molecular formula is C36H74NO7P. The highest BCUT2D eigenvalue weighted by Gasteiger charge is 2.25. The lowest BCUT2D eigenvalue weighted by Crippen LogP contribution is -2.28. The highest BCUT2D eigenvalue weighted by Crippen LogP contribution is 2.43. The van der Waals surface area contributed by atoms with Crippen molar-refractivity contribution in [1.29, 1.82) is 0 Å². The Bertz CT molecular complexity index is 667. The number of hydrogen-bond acceptors (Lipinski definition) is 7. The Morgan fingerprint density at radius 3 is 1.40 bits per heavy atom. The van der Waals surface area contributed by atoms with E-state index in [4.69, 9.17) is 24.3 Å². The Morgan fingerprint density at radius 1 is 0.578 bits per heavy atom. The fourth-order valence-electron chi connectivity index (χ4n) is 5.47. The molecule has 0 aromatic carbocycles. The number of ether oxygens (including phenoxy) is 2. The van der Waals surface area contributed by atoms with Crippen LogP contribution in [0.4, 0.5) is 0 Å². The molecule has 0 bridgehead atoms. The maximum absolute atomic E-state index is 12.5. The molecule has 8 nitrogen and oxygen atoms in total. The quantitative estimate of drug-likeness (QED) is 0.0383. The maximum Gasteiger partial charge on any atom is 0.472 e. The van der Waals surface area contributed by atoms with Gasteiger partial charge in [0.1, 0.15) is 6.10 Å². The van der Waals surface area contributed by atoms with E-state index in [0.717, 1.165) is 32.1 Å². The highest BCUT2D eigenvalue weighted by atomic mass is 31.2. The van der Waals surface area contributed by atoms with E-state index in [1.807, 2.05) is 0 Å². The first kappa shape index (κ1) is 44.5. The molecule has 0 fully saturated rings. The third kappa shape index (κ3) is 34.6. The number of esters is 1. The molecule has 270 valence electrons. The molecule has 2 atom stereocenters. The number of hydrogen-bond donors (Lipinski definition) is 2. The summed E-state index contributed by atoms with van der Waals surface area (Å²) in [4.78, 5) is 22.3. The van der Waals surface area contributed by atoms with E-state index in [0.29, 0.717) is 13.0 Å². The molecule has 0 aliphatic rings. The van der Waals surface area contributed by atoms with Crippen molar-refractivity contribution < 1.29 is 32.8 Å². The third-order valence-electron chi connectivity index (χ3n) is 8.27. The minimum absolute atomic E-state index is 0.0905. The van der Waals surface area contributed by atoms with Crippen LogP contribution in [0.15, 0.2) is 0 Å². The van der Waals surface area contributed by atoms with Crippen molar-refractivity contribution in [3.05, 3.63) is 0 Å². The summed E-state index contributed by atoms with van der Waals surface area (Å²) in [5.41, 5.74) is 5.35. The Morgan fingerprint density at radius 2 is 0.978 bits per heavy atom. The molecular weight excluding hydrogens is 589 g/mol. The molecule has 0 spiro atoms. The minimum Gasteiger partial charge on any atom is -0.457 e. The van der Waals surface area contributed by atoms with Crippen LogP contribution in [0.2, 0.25) is 0 Å². The maximum atomic E-state index is 12.5. The molecule has 0 aliphatic carbocycles. The van der Waals surface area contributed by atoms with Gasteiger partial charge in [-0.1, -0.05) is 168 Å². The van der Waals surface area contributed by atoms with Gasteiger partial charge in [-0.25, -0.2) is 4.57 Å². The molecule has 2 unspecified atom stereocenters. The predicted molar refractivity (Wildman–Crippen MR) is 187 cm³/mol. The average Bonchev–Trinajstić information content (AvgIpc) is 3.02. The normalized spacial score (nSPS) is 13.6. The van der Waals surface area contributed by atoms with E-state index in [1.165, 1.54) is 135 Å². The Kier molecular flexibility index (Phi) is 34.4. The number of unbranched alkanes of at least 4 members (excludes halogenated alkanes) is 24. The zero-order valence-corrected chi connectivity index (χ0v) is 30.5. The summed E-state index contributed by atoms with van der Waals surface area (Å²) in [6.07, 6.45) is 32.6. The number of phosphoric acid groups is 1. The average molecular weight is 664 g/mol. The Balaban J connectivity index is 4.01. The van der Waals surface area contributed by atoms with Crippen LogP contribution in [0.25, 0.3) is 0 Å². The van der Waals surface area contributed by atoms with Crippen molar-refractivity contribution in [2.45, 2.75) is 193 Å². The standard InChI is InChI=1S/C36H74NO7P/c1-3-5-7-9-11-13-15-16-17-18-19-20-22-24-26-28-31-41-33-35(34-43-45(39,40)42-32-30-37)44-36(38)29-27-25-23-21-14-12-10-8-6-4-2/h35H,3-34,37H2,1-2H3,(H,39,40). The molecule has 0 aromatic heterocycles. The van der Waals surface area contributed by atoms with Crippen molar-refractivity contribution >= 4 is 13.8 Å². The molecule has 0 aromatic rings. The van der Waals surface area contributed by atoms with Crippen molar-refractivity contribution in [3.63, 3.8) is 0 Å². The van der Waals surface area contributed by atoms with Gasteiger partial charge in [-0.3, -0.25) is 13.8 Å². The van der Waals surface area contributed by atoms with Gasteiger partial charge in [0.25, 0.3) is 0 Å². The van der Waals surface area contributed by atoms with Gasteiger partial charge in [0.05, 0.1) is 19.8 Å². The van der Waals surface area contributed by atoms with Gasteiger partial charge in [-0.15, -0.1) is 0 Å². The Labute approximate surface area is 278 Å². The number of nitrogens with two attached hydrogens (primary N) is 1. The first-order valence-corrected chi connectivity index (χ1v) is 20.5.